The van der Waals surface area contributed by atoms with Gasteiger partial charge in [0.25, 0.3) is 0 Å². The lowest BCUT2D eigenvalue weighted by Crippen LogP contribution is -2.43. The number of ether oxygens (including phenoxy) is 2. The molecule has 0 radical (unpaired) electrons. The maximum absolute atomic E-state index is 12.8. The van der Waals surface area contributed by atoms with Gasteiger partial charge in [-0.3, -0.25) is 14.9 Å². The van der Waals surface area contributed by atoms with Crippen molar-refractivity contribution in [2.45, 2.75) is 71.3 Å². The number of amides is 1. The fraction of sp³-hybridized carbons (Fsp3) is 0.567. The molecule has 8 nitrogen and oxygen atoms in total. The van der Waals surface area contributed by atoms with Gasteiger partial charge in [-0.05, 0) is 55.5 Å². The maximum Gasteiger partial charge on any atom is 0.311 e. The van der Waals surface area contributed by atoms with Crippen molar-refractivity contribution in [2.75, 3.05) is 39.8 Å². The summed E-state index contributed by atoms with van der Waals surface area (Å²) in [6.45, 7) is 6.47. The lowest BCUT2D eigenvalue weighted by atomic mass is 9.88. The van der Waals surface area contributed by atoms with Crippen molar-refractivity contribution >= 4 is 11.6 Å². The molecule has 2 saturated heterocycles. The van der Waals surface area contributed by atoms with Crippen LogP contribution < -0.4 is 9.47 Å². The molecule has 0 saturated carbocycles. The number of nitro groups is 1. The monoisotopic (exact) mass is 525 g/mol. The molecule has 4 rings (SSSR count). The Hall–Kier alpha value is -3.13. The van der Waals surface area contributed by atoms with Crippen LogP contribution in [-0.4, -0.2) is 66.6 Å². The number of carbonyl (C=O) groups is 1. The Labute approximate surface area is 227 Å². The van der Waals surface area contributed by atoms with Crippen LogP contribution in [0.3, 0.4) is 0 Å². The third-order valence-corrected chi connectivity index (χ3v) is 7.66. The number of piperidine rings is 2. The molecule has 0 bridgehead atoms. The second-order valence-electron chi connectivity index (χ2n) is 10.1. The molecule has 2 aromatic carbocycles. The van der Waals surface area contributed by atoms with Crippen LogP contribution >= 0.6 is 0 Å². The zero-order chi connectivity index (χ0) is 26.2. The summed E-state index contributed by atoms with van der Waals surface area (Å²) < 4.78 is 11.2. The lowest BCUT2D eigenvalue weighted by Gasteiger charge is -2.34. The Kier molecular flexibility index (Phi) is 11.0. The minimum atomic E-state index is -0.471. The van der Waals surface area contributed by atoms with Gasteiger partial charge in [0, 0.05) is 51.0 Å². The quantitative estimate of drug-likeness (QED) is 0.287. The summed E-state index contributed by atoms with van der Waals surface area (Å²) in [5, 5.41) is 11.1. The molecule has 2 aromatic rings. The van der Waals surface area contributed by atoms with Crippen molar-refractivity contribution in [1.29, 1.82) is 0 Å². The van der Waals surface area contributed by atoms with Crippen molar-refractivity contribution in [3.63, 3.8) is 0 Å². The average molecular weight is 526 g/mol. The summed E-state index contributed by atoms with van der Waals surface area (Å²) in [4.78, 5) is 27.8. The number of aryl methyl sites for hydroxylation is 1. The van der Waals surface area contributed by atoms with E-state index in [1.165, 1.54) is 30.7 Å². The van der Waals surface area contributed by atoms with Gasteiger partial charge in [-0.2, -0.15) is 0 Å². The van der Waals surface area contributed by atoms with Gasteiger partial charge in [-0.15, -0.1) is 0 Å². The van der Waals surface area contributed by atoms with Gasteiger partial charge in [0.1, 0.15) is 11.9 Å². The highest BCUT2D eigenvalue weighted by atomic mass is 16.6. The van der Waals surface area contributed by atoms with E-state index in [0.717, 1.165) is 51.7 Å². The van der Waals surface area contributed by atoms with Crippen LogP contribution in [0.5, 0.6) is 11.5 Å². The van der Waals surface area contributed by atoms with E-state index in [4.69, 9.17) is 9.47 Å². The zero-order valence-corrected chi connectivity index (χ0v) is 22.1. The van der Waals surface area contributed by atoms with Gasteiger partial charge in [-0.25, -0.2) is 0 Å². The first kappa shape index (κ1) is 29.4. The van der Waals surface area contributed by atoms with Crippen molar-refractivity contribution in [3.8, 4) is 11.5 Å². The molecule has 0 spiro atoms. The molecule has 0 atom stereocenters. The van der Waals surface area contributed by atoms with Crippen molar-refractivity contribution < 1.29 is 19.2 Å². The van der Waals surface area contributed by atoms with Gasteiger partial charge in [-0.1, -0.05) is 45.0 Å². The van der Waals surface area contributed by atoms with Crippen LogP contribution in [0.4, 0.5) is 5.69 Å². The number of nitrogens with zero attached hydrogens (tertiary/aromatic N) is 3. The molecule has 1 amide bonds. The van der Waals surface area contributed by atoms with Crippen molar-refractivity contribution in [2.24, 2.45) is 0 Å². The highest BCUT2D eigenvalue weighted by molar-refractivity contribution is 5.76. The molecule has 2 fully saturated rings. The van der Waals surface area contributed by atoms with Crippen LogP contribution in [-0.2, 0) is 11.2 Å². The molecular formula is C30H43N3O5. The average Bonchev–Trinajstić information content (AvgIpc) is 2.93. The third kappa shape index (κ3) is 7.69. The number of benzene rings is 2. The molecule has 0 unspecified atom stereocenters. The number of hydrogen-bond acceptors (Lipinski definition) is 6. The van der Waals surface area contributed by atoms with Gasteiger partial charge in [0.05, 0.1) is 12.0 Å². The molecule has 0 aliphatic carbocycles. The number of rotatable bonds is 10. The number of carbonyl (C=O) groups excluding carboxylic acids is 1. The van der Waals surface area contributed by atoms with E-state index in [-0.39, 0.29) is 30.9 Å². The largest absolute Gasteiger partial charge is 0.490 e. The maximum atomic E-state index is 12.8. The SMILES string of the molecule is C.CCCc1ccc(C2CCN(CCC(=O)N3CCC(Oc4ccc([N+](=O)[O-])c(OC)c4)CC3)CC2)cc1. The first-order chi connectivity index (χ1) is 18.0. The molecule has 208 valence electrons. The number of methoxy groups -OCH3 is 1. The standard InChI is InChI=1S/C29H39N3O5.CH4/c1-3-4-22-5-7-23(8-6-22)24-11-16-30(17-12-24)18-15-29(33)31-19-13-25(14-20-31)37-26-9-10-27(32(34)35)28(21-26)36-2;/h5-10,21,24-25H,3-4,11-20H2,1-2H3;1H4. The summed E-state index contributed by atoms with van der Waals surface area (Å²) in [5.74, 6) is 1.57. The van der Waals surface area contributed by atoms with Crippen LogP contribution in [0, 0.1) is 10.1 Å². The first-order valence-corrected chi connectivity index (χ1v) is 13.5. The number of nitro benzene ring substituents is 1. The van der Waals surface area contributed by atoms with Gasteiger partial charge in [0.2, 0.25) is 11.7 Å². The summed E-state index contributed by atoms with van der Waals surface area (Å²) in [6, 6.07) is 13.7. The summed E-state index contributed by atoms with van der Waals surface area (Å²) in [6.07, 6.45) is 6.65. The molecule has 0 aromatic heterocycles. The van der Waals surface area contributed by atoms with E-state index in [1.54, 1.807) is 12.1 Å². The smallest absolute Gasteiger partial charge is 0.311 e. The Bertz CT molecular complexity index is 1040. The number of likely N-dealkylation sites (tertiary alicyclic amines) is 2. The van der Waals surface area contributed by atoms with E-state index in [2.05, 4.69) is 36.1 Å². The van der Waals surface area contributed by atoms with E-state index in [0.29, 0.717) is 31.2 Å². The van der Waals surface area contributed by atoms with E-state index < -0.39 is 4.92 Å². The Balaban J connectivity index is 0.00000400. The van der Waals surface area contributed by atoms with Crippen LogP contribution in [0.15, 0.2) is 42.5 Å². The van der Waals surface area contributed by atoms with Gasteiger partial charge in [0.15, 0.2) is 0 Å². The Morgan fingerprint density at radius 2 is 1.71 bits per heavy atom. The molecule has 8 heteroatoms. The highest BCUT2D eigenvalue weighted by Crippen LogP contribution is 2.32. The fourth-order valence-corrected chi connectivity index (χ4v) is 5.44. The normalized spacial score (nSPS) is 17.1. The lowest BCUT2D eigenvalue weighted by molar-refractivity contribution is -0.385. The zero-order valence-electron chi connectivity index (χ0n) is 22.1. The molecule has 2 aliphatic heterocycles. The molecule has 0 N–H and O–H groups in total. The predicted octanol–water partition coefficient (Wildman–Crippen LogP) is 5.83. The number of hydrogen-bond donors (Lipinski definition) is 0. The second kappa shape index (κ2) is 14.1. The van der Waals surface area contributed by atoms with E-state index in [9.17, 15) is 14.9 Å². The summed E-state index contributed by atoms with van der Waals surface area (Å²) in [7, 11) is 1.41. The first-order valence-electron chi connectivity index (χ1n) is 13.5. The summed E-state index contributed by atoms with van der Waals surface area (Å²) in [5.41, 5.74) is 2.79. The van der Waals surface area contributed by atoms with Gasteiger partial charge < -0.3 is 19.3 Å². The van der Waals surface area contributed by atoms with Crippen LogP contribution in [0.1, 0.15) is 69.9 Å². The topological polar surface area (TPSA) is 85.2 Å². The molecular weight excluding hydrogens is 482 g/mol. The third-order valence-electron chi connectivity index (χ3n) is 7.66. The Morgan fingerprint density at radius 1 is 1.03 bits per heavy atom. The molecule has 2 aliphatic rings. The summed E-state index contributed by atoms with van der Waals surface area (Å²) >= 11 is 0. The second-order valence-corrected chi connectivity index (χ2v) is 10.1. The van der Waals surface area contributed by atoms with E-state index in [1.807, 2.05) is 4.90 Å². The highest BCUT2D eigenvalue weighted by Gasteiger charge is 2.26. The fourth-order valence-electron chi connectivity index (χ4n) is 5.44. The minimum absolute atomic E-state index is 0. The van der Waals surface area contributed by atoms with Crippen molar-refractivity contribution in [3.05, 3.63) is 63.7 Å². The van der Waals surface area contributed by atoms with Crippen molar-refractivity contribution in [1.82, 2.24) is 9.80 Å². The molecule has 38 heavy (non-hydrogen) atoms. The van der Waals surface area contributed by atoms with Gasteiger partial charge >= 0.3 is 5.69 Å². The molecule has 2 heterocycles. The predicted molar refractivity (Wildman–Crippen MR) is 150 cm³/mol. The van der Waals surface area contributed by atoms with Crippen LogP contribution in [0.2, 0.25) is 0 Å². The van der Waals surface area contributed by atoms with E-state index >= 15 is 0 Å². The minimum Gasteiger partial charge on any atom is -0.490 e. The van der Waals surface area contributed by atoms with Crippen LogP contribution in [0.25, 0.3) is 0 Å². The Morgan fingerprint density at radius 3 is 2.32 bits per heavy atom.